The van der Waals surface area contributed by atoms with Gasteiger partial charge in [0.05, 0.1) is 0 Å². The lowest BCUT2D eigenvalue weighted by Gasteiger charge is -2.18. The summed E-state index contributed by atoms with van der Waals surface area (Å²) in [6, 6.07) is 9.72. The predicted molar refractivity (Wildman–Crippen MR) is 63.7 cm³/mol. The molecule has 0 amide bonds. The summed E-state index contributed by atoms with van der Waals surface area (Å²) in [6.07, 6.45) is 3.71. The minimum Gasteiger partial charge on any atom is -0.396 e. The van der Waals surface area contributed by atoms with Crippen LogP contribution in [0.2, 0.25) is 0 Å². The van der Waals surface area contributed by atoms with Crippen molar-refractivity contribution in [3.05, 3.63) is 42.0 Å². The van der Waals surface area contributed by atoms with Crippen molar-refractivity contribution < 1.29 is 15.3 Å². The van der Waals surface area contributed by atoms with Crippen LogP contribution >= 0.6 is 0 Å². The van der Waals surface area contributed by atoms with Crippen LogP contribution in [0.25, 0.3) is 6.08 Å². The van der Waals surface area contributed by atoms with Crippen LogP contribution in [-0.4, -0.2) is 35.1 Å². The molecule has 0 saturated carbocycles. The molecule has 1 rings (SSSR count). The third kappa shape index (κ3) is 3.77. The van der Waals surface area contributed by atoms with Gasteiger partial charge in [0.1, 0.15) is 0 Å². The van der Waals surface area contributed by atoms with Crippen LogP contribution in [0.1, 0.15) is 5.56 Å². The molecule has 0 bridgehead atoms. The maximum absolute atomic E-state index is 9.16. The molecule has 3 heteroatoms. The molecule has 88 valence electrons. The molecule has 0 radical (unpaired) electrons. The standard InChI is InChI=1S/C13H18O3/c14-8-12(13(9-15)10-16)7-6-11-4-2-1-3-5-11/h1-7,12-16H,8-10H2/b7-6+. The van der Waals surface area contributed by atoms with Crippen LogP contribution in [0, 0.1) is 11.8 Å². The first-order chi connectivity index (χ1) is 7.81. The van der Waals surface area contributed by atoms with Gasteiger partial charge in [0.15, 0.2) is 0 Å². The van der Waals surface area contributed by atoms with Gasteiger partial charge in [-0.15, -0.1) is 0 Å². The average Bonchev–Trinajstić information content (AvgIpc) is 2.35. The lowest BCUT2D eigenvalue weighted by atomic mass is 9.93. The van der Waals surface area contributed by atoms with Crippen molar-refractivity contribution in [3.8, 4) is 0 Å². The molecule has 3 N–H and O–H groups in total. The van der Waals surface area contributed by atoms with E-state index >= 15 is 0 Å². The minimum absolute atomic E-state index is 0.0743. The lowest BCUT2D eigenvalue weighted by Crippen LogP contribution is -2.23. The molecule has 0 spiro atoms. The quantitative estimate of drug-likeness (QED) is 0.670. The minimum atomic E-state index is -0.301. The van der Waals surface area contributed by atoms with E-state index in [0.29, 0.717) is 0 Å². The smallest absolute Gasteiger partial charge is 0.0498 e. The first kappa shape index (κ1) is 12.9. The molecular formula is C13H18O3. The Morgan fingerprint density at radius 3 is 2.06 bits per heavy atom. The summed E-state index contributed by atoms with van der Waals surface area (Å²) in [5.41, 5.74) is 1.04. The number of aliphatic hydroxyl groups excluding tert-OH is 3. The van der Waals surface area contributed by atoms with E-state index in [1.54, 1.807) is 0 Å². The van der Waals surface area contributed by atoms with E-state index in [4.69, 9.17) is 15.3 Å². The van der Waals surface area contributed by atoms with Crippen LogP contribution in [0.4, 0.5) is 0 Å². The molecule has 0 saturated heterocycles. The van der Waals surface area contributed by atoms with E-state index in [1.165, 1.54) is 0 Å². The Morgan fingerprint density at radius 1 is 0.938 bits per heavy atom. The molecule has 1 atom stereocenters. The second kappa shape index (κ2) is 7.17. The molecule has 1 unspecified atom stereocenters. The monoisotopic (exact) mass is 222 g/mol. The first-order valence-electron chi connectivity index (χ1n) is 5.37. The summed E-state index contributed by atoms with van der Waals surface area (Å²) in [5, 5.41) is 27.2. The normalized spacial score (nSPS) is 13.5. The zero-order chi connectivity index (χ0) is 11.8. The average molecular weight is 222 g/mol. The number of benzene rings is 1. The van der Waals surface area contributed by atoms with Gasteiger partial charge in [-0.05, 0) is 5.56 Å². The molecule has 3 nitrogen and oxygen atoms in total. The summed E-state index contributed by atoms with van der Waals surface area (Å²) in [5.74, 6) is -0.514. The van der Waals surface area contributed by atoms with Gasteiger partial charge in [0.25, 0.3) is 0 Å². The van der Waals surface area contributed by atoms with E-state index < -0.39 is 0 Å². The summed E-state index contributed by atoms with van der Waals surface area (Å²) in [4.78, 5) is 0. The Labute approximate surface area is 95.7 Å². The van der Waals surface area contributed by atoms with Crippen LogP contribution in [0.3, 0.4) is 0 Å². The maximum atomic E-state index is 9.16. The van der Waals surface area contributed by atoms with Crippen molar-refractivity contribution in [2.45, 2.75) is 0 Å². The number of hydrogen-bond acceptors (Lipinski definition) is 3. The molecule has 0 aliphatic heterocycles. The van der Waals surface area contributed by atoms with Gasteiger partial charge >= 0.3 is 0 Å². The second-order valence-electron chi connectivity index (χ2n) is 3.74. The Balaban J connectivity index is 2.66. The summed E-state index contributed by atoms with van der Waals surface area (Å²) >= 11 is 0. The summed E-state index contributed by atoms with van der Waals surface area (Å²) in [7, 11) is 0. The van der Waals surface area contributed by atoms with E-state index in [1.807, 2.05) is 42.5 Å². The van der Waals surface area contributed by atoms with E-state index in [0.717, 1.165) is 5.56 Å². The second-order valence-corrected chi connectivity index (χ2v) is 3.74. The predicted octanol–water partition coefficient (Wildman–Crippen LogP) is 0.909. The van der Waals surface area contributed by atoms with E-state index in [2.05, 4.69) is 0 Å². The molecule has 0 aromatic heterocycles. The highest BCUT2D eigenvalue weighted by Gasteiger charge is 2.16. The fourth-order valence-electron chi connectivity index (χ4n) is 1.49. The topological polar surface area (TPSA) is 60.7 Å². The molecule has 1 aromatic rings. The van der Waals surface area contributed by atoms with Gasteiger partial charge in [-0.1, -0.05) is 42.5 Å². The first-order valence-corrected chi connectivity index (χ1v) is 5.37. The van der Waals surface area contributed by atoms with Crippen molar-refractivity contribution in [2.75, 3.05) is 19.8 Å². The van der Waals surface area contributed by atoms with Crippen molar-refractivity contribution in [2.24, 2.45) is 11.8 Å². The summed E-state index contributed by atoms with van der Waals surface area (Å²) < 4.78 is 0. The fraction of sp³-hybridized carbons (Fsp3) is 0.385. The zero-order valence-corrected chi connectivity index (χ0v) is 9.16. The highest BCUT2D eigenvalue weighted by Crippen LogP contribution is 2.14. The van der Waals surface area contributed by atoms with Crippen LogP contribution in [-0.2, 0) is 0 Å². The van der Waals surface area contributed by atoms with Gasteiger partial charge in [-0.25, -0.2) is 0 Å². The highest BCUT2D eigenvalue weighted by molar-refractivity contribution is 5.49. The Hall–Kier alpha value is -1.16. The summed E-state index contributed by atoms with van der Waals surface area (Å²) in [6.45, 7) is -0.323. The molecule has 1 aromatic carbocycles. The molecule has 16 heavy (non-hydrogen) atoms. The zero-order valence-electron chi connectivity index (χ0n) is 9.16. The molecule has 0 heterocycles. The van der Waals surface area contributed by atoms with Crippen molar-refractivity contribution in [3.63, 3.8) is 0 Å². The van der Waals surface area contributed by atoms with Crippen LogP contribution in [0.5, 0.6) is 0 Å². The number of hydrogen-bond donors (Lipinski definition) is 3. The fourth-order valence-corrected chi connectivity index (χ4v) is 1.49. The number of aliphatic hydroxyl groups is 3. The highest BCUT2D eigenvalue weighted by atomic mass is 16.3. The van der Waals surface area contributed by atoms with Gasteiger partial charge in [-0.2, -0.15) is 0 Å². The lowest BCUT2D eigenvalue weighted by molar-refractivity contribution is 0.0936. The van der Waals surface area contributed by atoms with Gasteiger partial charge in [0, 0.05) is 31.7 Å². The third-order valence-electron chi connectivity index (χ3n) is 2.62. The van der Waals surface area contributed by atoms with Gasteiger partial charge in [-0.3, -0.25) is 0 Å². The van der Waals surface area contributed by atoms with Crippen LogP contribution < -0.4 is 0 Å². The van der Waals surface area contributed by atoms with Crippen molar-refractivity contribution in [1.82, 2.24) is 0 Å². The van der Waals surface area contributed by atoms with Gasteiger partial charge in [0.2, 0.25) is 0 Å². The van der Waals surface area contributed by atoms with Crippen molar-refractivity contribution >= 4 is 6.08 Å². The Morgan fingerprint density at radius 2 is 1.56 bits per heavy atom. The molecule has 0 aliphatic rings. The molecule has 0 fully saturated rings. The molecular weight excluding hydrogens is 204 g/mol. The van der Waals surface area contributed by atoms with Gasteiger partial charge < -0.3 is 15.3 Å². The maximum Gasteiger partial charge on any atom is 0.0498 e. The SMILES string of the molecule is OCC(/C=C/c1ccccc1)C(CO)CO. The Kier molecular flexibility index (Phi) is 5.78. The van der Waals surface area contributed by atoms with E-state index in [-0.39, 0.29) is 31.7 Å². The number of rotatable bonds is 6. The van der Waals surface area contributed by atoms with Crippen LogP contribution in [0.15, 0.2) is 36.4 Å². The third-order valence-corrected chi connectivity index (χ3v) is 2.62. The molecule has 0 aliphatic carbocycles. The van der Waals surface area contributed by atoms with Crippen molar-refractivity contribution in [1.29, 1.82) is 0 Å². The Bertz CT molecular complexity index is 304. The largest absolute Gasteiger partial charge is 0.396 e. The van der Waals surface area contributed by atoms with E-state index in [9.17, 15) is 0 Å².